The molecule has 0 rings (SSSR count). The summed E-state index contributed by atoms with van der Waals surface area (Å²) in [6, 6.07) is 0. The molecule has 0 spiro atoms. The van der Waals surface area contributed by atoms with Crippen LogP contribution in [-0.2, 0) is 0 Å². The van der Waals surface area contributed by atoms with E-state index in [-0.39, 0.29) is 0 Å². The van der Waals surface area contributed by atoms with Gasteiger partial charge in [0.05, 0.1) is 0 Å². The Bertz CT molecular complexity index is 149. The molecule has 0 fully saturated rings. The molecular weight excluding hydrogens is 194 g/mol. The second-order valence-corrected chi connectivity index (χ2v) is 4.11. The van der Waals surface area contributed by atoms with Gasteiger partial charge in [-0.2, -0.15) is 8.78 Å². The molecule has 0 aromatic rings. The molecule has 0 saturated carbocycles. The number of allylic oxidation sites excluding steroid dienone is 1. The number of hydrogen-bond acceptors (Lipinski definition) is 0. The highest BCUT2D eigenvalue weighted by molar-refractivity contribution is 4.79. The van der Waals surface area contributed by atoms with Crippen LogP contribution < -0.4 is 0 Å². The number of unbranched alkanes of at least 4 members (excludes halogenated alkanes) is 9. The predicted octanol–water partition coefficient (Wildman–Crippen LogP) is 5.69. The first-order chi connectivity index (χ1) is 7.27. The van der Waals surface area contributed by atoms with Crippen molar-refractivity contribution >= 4 is 0 Å². The van der Waals surface area contributed by atoms with E-state index in [9.17, 15) is 8.78 Å². The van der Waals surface area contributed by atoms with Crippen LogP contribution in [0.15, 0.2) is 12.2 Å². The topological polar surface area (TPSA) is 0 Å². The Labute approximate surface area is 92.8 Å². The number of hydrogen-bond donors (Lipinski definition) is 0. The lowest BCUT2D eigenvalue weighted by Crippen LogP contribution is -1.80. The van der Waals surface area contributed by atoms with Crippen LogP contribution in [0.25, 0.3) is 0 Å². The third-order valence-electron chi connectivity index (χ3n) is 2.61. The van der Waals surface area contributed by atoms with Gasteiger partial charge in [0.1, 0.15) is 0 Å². The summed E-state index contributed by atoms with van der Waals surface area (Å²) < 4.78 is 23.3. The van der Waals surface area contributed by atoms with Crippen LogP contribution in [0, 0.1) is 0 Å². The largest absolute Gasteiger partial charge is 0.266 e. The molecule has 0 saturated heterocycles. The molecule has 15 heavy (non-hydrogen) atoms. The smallest absolute Gasteiger partial charge is 0.174 e. The minimum absolute atomic E-state index is 0.540. The van der Waals surface area contributed by atoms with E-state index in [1.165, 1.54) is 44.9 Å². The highest BCUT2D eigenvalue weighted by Crippen LogP contribution is 2.11. The van der Waals surface area contributed by atoms with Crippen molar-refractivity contribution in [3.8, 4) is 0 Å². The van der Waals surface area contributed by atoms with E-state index in [1.54, 1.807) is 0 Å². The van der Waals surface area contributed by atoms with Crippen LogP contribution in [0.1, 0.15) is 71.1 Å². The number of halogens is 2. The second-order valence-electron chi connectivity index (χ2n) is 4.11. The fraction of sp³-hybridized carbons (Fsp3) is 0.846. The quantitative estimate of drug-likeness (QED) is 0.413. The zero-order valence-electron chi connectivity index (χ0n) is 9.90. The van der Waals surface area contributed by atoms with Gasteiger partial charge in [-0.25, -0.2) is 0 Å². The van der Waals surface area contributed by atoms with Crippen molar-refractivity contribution < 1.29 is 8.78 Å². The van der Waals surface area contributed by atoms with E-state index >= 15 is 0 Å². The lowest BCUT2D eigenvalue weighted by atomic mass is 10.1. The molecule has 0 bridgehead atoms. The van der Waals surface area contributed by atoms with Crippen LogP contribution in [0.2, 0.25) is 0 Å². The molecule has 0 aliphatic carbocycles. The van der Waals surface area contributed by atoms with E-state index in [1.807, 2.05) is 0 Å². The minimum Gasteiger partial charge on any atom is -0.174 e. The maximum absolute atomic E-state index is 11.6. The van der Waals surface area contributed by atoms with Crippen molar-refractivity contribution in [3.63, 3.8) is 0 Å². The Hall–Kier alpha value is -0.400. The van der Waals surface area contributed by atoms with Gasteiger partial charge in [0.25, 0.3) is 6.08 Å². The minimum atomic E-state index is -1.53. The van der Waals surface area contributed by atoms with Crippen molar-refractivity contribution in [1.82, 2.24) is 0 Å². The summed E-state index contributed by atoms with van der Waals surface area (Å²) in [6.45, 7) is 2.22. The summed E-state index contributed by atoms with van der Waals surface area (Å²) in [5.41, 5.74) is 0. The van der Waals surface area contributed by atoms with E-state index < -0.39 is 6.08 Å². The predicted molar refractivity (Wildman–Crippen MR) is 62.1 cm³/mol. The van der Waals surface area contributed by atoms with Crippen LogP contribution in [0.3, 0.4) is 0 Å². The van der Waals surface area contributed by atoms with Crippen molar-refractivity contribution in [3.05, 3.63) is 12.2 Å². The van der Waals surface area contributed by atoms with Gasteiger partial charge >= 0.3 is 0 Å². The monoisotopic (exact) mass is 218 g/mol. The maximum Gasteiger partial charge on any atom is 0.266 e. The van der Waals surface area contributed by atoms with Gasteiger partial charge in [-0.3, -0.25) is 0 Å². The first kappa shape index (κ1) is 14.6. The van der Waals surface area contributed by atoms with Gasteiger partial charge in [-0.1, -0.05) is 58.3 Å². The Kier molecular flexibility index (Phi) is 11.4. The summed E-state index contributed by atoms with van der Waals surface area (Å²) >= 11 is 0. The summed E-state index contributed by atoms with van der Waals surface area (Å²) in [5.74, 6) is 0. The molecule has 0 amide bonds. The number of rotatable bonds is 10. The molecule has 0 aromatic carbocycles. The van der Waals surface area contributed by atoms with Gasteiger partial charge in [-0.05, 0) is 18.9 Å². The maximum atomic E-state index is 11.6. The second kappa shape index (κ2) is 11.7. The lowest BCUT2D eigenvalue weighted by molar-refractivity contribution is 0.416. The highest BCUT2D eigenvalue weighted by atomic mass is 19.3. The Morgan fingerprint density at radius 3 is 1.73 bits per heavy atom. The van der Waals surface area contributed by atoms with Gasteiger partial charge in [0.15, 0.2) is 0 Å². The first-order valence-electron chi connectivity index (χ1n) is 6.28. The molecule has 0 N–H and O–H groups in total. The Morgan fingerprint density at radius 2 is 1.27 bits per heavy atom. The van der Waals surface area contributed by atoms with Crippen molar-refractivity contribution in [1.29, 1.82) is 0 Å². The molecule has 0 aliphatic heterocycles. The fourth-order valence-electron chi connectivity index (χ4n) is 1.67. The highest BCUT2D eigenvalue weighted by Gasteiger charge is 1.92. The summed E-state index contributed by atoms with van der Waals surface area (Å²) in [7, 11) is 0. The fourth-order valence-corrected chi connectivity index (χ4v) is 1.67. The lowest BCUT2D eigenvalue weighted by Gasteiger charge is -2.00. The van der Waals surface area contributed by atoms with Gasteiger partial charge in [-0.15, -0.1) is 0 Å². The van der Waals surface area contributed by atoms with Gasteiger partial charge in [0, 0.05) is 0 Å². The van der Waals surface area contributed by atoms with Crippen molar-refractivity contribution in [2.45, 2.75) is 71.1 Å². The zero-order chi connectivity index (χ0) is 11.4. The molecule has 0 nitrogen and oxygen atoms in total. The van der Waals surface area contributed by atoms with Crippen LogP contribution in [0.4, 0.5) is 8.78 Å². The van der Waals surface area contributed by atoms with Crippen LogP contribution in [0.5, 0.6) is 0 Å². The van der Waals surface area contributed by atoms with E-state index in [4.69, 9.17) is 0 Å². The summed E-state index contributed by atoms with van der Waals surface area (Å²) in [5, 5.41) is 0. The summed E-state index contributed by atoms with van der Waals surface area (Å²) in [6.07, 6.45) is 11.2. The molecule has 0 heterocycles. The van der Waals surface area contributed by atoms with Crippen LogP contribution >= 0.6 is 0 Å². The molecule has 0 atom stereocenters. The summed E-state index contributed by atoms with van der Waals surface area (Å²) in [4.78, 5) is 0. The van der Waals surface area contributed by atoms with Crippen LogP contribution in [-0.4, -0.2) is 0 Å². The average Bonchev–Trinajstić information content (AvgIpc) is 2.20. The van der Waals surface area contributed by atoms with E-state index in [0.717, 1.165) is 18.9 Å². The van der Waals surface area contributed by atoms with Crippen molar-refractivity contribution in [2.24, 2.45) is 0 Å². The van der Waals surface area contributed by atoms with Gasteiger partial charge < -0.3 is 0 Å². The van der Waals surface area contributed by atoms with E-state index in [2.05, 4.69) is 6.92 Å². The molecule has 0 unspecified atom stereocenters. The SMILES string of the molecule is CCCCCCCCCCCC=C(F)F. The van der Waals surface area contributed by atoms with Gasteiger partial charge in [0.2, 0.25) is 0 Å². The zero-order valence-corrected chi connectivity index (χ0v) is 9.90. The van der Waals surface area contributed by atoms with E-state index in [0.29, 0.717) is 6.42 Å². The standard InChI is InChI=1S/C13H24F2/c1-2-3-4-5-6-7-8-9-10-11-12-13(14)15/h12H,2-11H2,1H3. The normalized spacial score (nSPS) is 10.3. The molecule has 0 aromatic heterocycles. The molecule has 90 valence electrons. The Morgan fingerprint density at radius 1 is 0.800 bits per heavy atom. The third kappa shape index (κ3) is 13.6. The molecule has 0 aliphatic rings. The first-order valence-corrected chi connectivity index (χ1v) is 6.28. The average molecular weight is 218 g/mol. The molecule has 2 heteroatoms. The molecular formula is C13H24F2. The van der Waals surface area contributed by atoms with Crippen molar-refractivity contribution in [2.75, 3.05) is 0 Å². The molecule has 0 radical (unpaired) electrons. The third-order valence-corrected chi connectivity index (χ3v) is 2.61. The Balaban J connectivity index is 2.96.